The van der Waals surface area contributed by atoms with Crippen molar-refractivity contribution in [2.45, 2.75) is 0 Å². The molecule has 0 atom stereocenters. The van der Waals surface area contributed by atoms with Gasteiger partial charge < -0.3 is 24.5 Å². The Morgan fingerprint density at radius 3 is 2.07 bits per heavy atom. The molecule has 0 bridgehead atoms. The Hall–Kier alpha value is -3.40. The fraction of sp³-hybridized carbons (Fsp3) is 0.0588. The van der Waals surface area contributed by atoms with Gasteiger partial charge in [0.2, 0.25) is 0 Å². The average Bonchev–Trinajstić information content (AvgIpc) is 2.99. The summed E-state index contributed by atoms with van der Waals surface area (Å²) < 4.78 is 6.25. The molecule has 2 heterocycles. The van der Waals surface area contributed by atoms with Gasteiger partial charge in [-0.2, -0.15) is 0 Å². The van der Waals surface area contributed by atoms with Crippen molar-refractivity contribution in [3.63, 3.8) is 0 Å². The van der Waals surface area contributed by atoms with E-state index >= 15 is 0 Å². The second-order valence-corrected chi connectivity index (χ2v) is 6.37. The van der Waals surface area contributed by atoms with E-state index in [1.165, 1.54) is 16.5 Å². The van der Waals surface area contributed by atoms with Crippen LogP contribution in [0.3, 0.4) is 0 Å². The van der Waals surface area contributed by atoms with Crippen molar-refractivity contribution < 1.29 is 39.2 Å². The number of rotatable bonds is 4. The van der Waals surface area contributed by atoms with Crippen LogP contribution >= 0.6 is 15.9 Å². The number of fused-ring (bicyclic) bond motifs is 3. The van der Waals surface area contributed by atoms with E-state index in [0.717, 1.165) is 13.3 Å². The third-order valence-electron chi connectivity index (χ3n) is 4.03. The molecule has 9 nitrogen and oxygen atoms in total. The van der Waals surface area contributed by atoms with E-state index in [4.69, 9.17) is 0 Å². The smallest absolute Gasteiger partial charge is 0.340 e. The van der Waals surface area contributed by atoms with E-state index in [0.29, 0.717) is 4.47 Å². The predicted molar refractivity (Wildman–Crippen MR) is 94.8 cm³/mol. The van der Waals surface area contributed by atoms with Gasteiger partial charge >= 0.3 is 23.9 Å². The highest BCUT2D eigenvalue weighted by molar-refractivity contribution is 9.10. The number of aromatic carboxylic acids is 3. The molecule has 0 spiro atoms. The van der Waals surface area contributed by atoms with Crippen molar-refractivity contribution in [1.29, 1.82) is 0 Å². The second kappa shape index (κ2) is 6.40. The zero-order chi connectivity index (χ0) is 20.0. The van der Waals surface area contributed by atoms with Crippen LogP contribution in [0.1, 0.15) is 41.4 Å². The van der Waals surface area contributed by atoms with Crippen LogP contribution in [0, 0.1) is 0 Å². The van der Waals surface area contributed by atoms with Crippen LogP contribution in [0.5, 0.6) is 0 Å². The number of hydrogen-bond acceptors (Lipinski definition) is 5. The molecule has 0 aliphatic carbocycles. The molecule has 3 rings (SSSR count). The van der Waals surface area contributed by atoms with E-state index in [-0.39, 0.29) is 16.5 Å². The highest BCUT2D eigenvalue weighted by Gasteiger charge is 2.32. The first-order chi connectivity index (χ1) is 12.7. The first kappa shape index (κ1) is 18.4. The minimum Gasteiger partial charge on any atom is -0.478 e. The van der Waals surface area contributed by atoms with Crippen LogP contribution in [-0.2, 0) is 4.74 Å². The van der Waals surface area contributed by atoms with Gasteiger partial charge in [-0.05, 0) is 18.2 Å². The number of esters is 1. The number of halogens is 1. The number of carbonyl (C=O) groups is 4. The number of carboxylic acid groups (broad SMARTS) is 3. The predicted octanol–water partition coefficient (Wildman–Crippen LogP) is 2.74. The number of methoxy groups -OCH3 is 1. The molecule has 0 radical (unpaired) electrons. The number of carboxylic acids is 3. The van der Waals surface area contributed by atoms with Gasteiger partial charge in [0, 0.05) is 16.1 Å². The first-order valence-corrected chi connectivity index (χ1v) is 8.06. The Kier molecular flexibility index (Phi) is 4.36. The van der Waals surface area contributed by atoms with Gasteiger partial charge in [-0.3, -0.25) is 0 Å². The van der Waals surface area contributed by atoms with E-state index in [2.05, 4.69) is 20.7 Å². The quantitative estimate of drug-likeness (QED) is 0.530. The molecule has 0 aliphatic heterocycles. The van der Waals surface area contributed by atoms with Crippen LogP contribution in [0.4, 0.5) is 0 Å². The molecule has 0 saturated heterocycles. The number of aromatic nitrogens is 1. The zero-order valence-electron chi connectivity index (χ0n) is 13.5. The molecule has 3 N–H and O–H groups in total. The lowest BCUT2D eigenvalue weighted by molar-refractivity contribution is 0.0583. The van der Waals surface area contributed by atoms with Gasteiger partial charge in [-0.25, -0.2) is 19.2 Å². The average molecular weight is 436 g/mol. The molecule has 2 aromatic heterocycles. The lowest BCUT2D eigenvalue weighted by atomic mass is 9.99. The minimum atomic E-state index is -1.64. The maximum Gasteiger partial charge on any atom is 0.340 e. The Bertz CT molecular complexity index is 1180. The maximum absolute atomic E-state index is 12.0. The van der Waals surface area contributed by atoms with Crippen LogP contribution in [-0.4, -0.2) is 50.7 Å². The number of ether oxygens (including phenoxy) is 1. The number of nitrogens with zero attached hydrogens (tertiary/aromatic N) is 1. The maximum atomic E-state index is 12.0. The number of carbonyl (C=O) groups excluding carboxylic acids is 1. The van der Waals surface area contributed by atoms with Crippen LogP contribution < -0.4 is 0 Å². The SMILES string of the molecule is COC(=O)c1cn2c(c1C(=O)O)c(C(=O)O)c(C(=O)O)c1cc(Br)ccc12. The number of pyridine rings is 1. The van der Waals surface area contributed by atoms with E-state index in [1.54, 1.807) is 6.07 Å². The molecule has 0 saturated carbocycles. The topological polar surface area (TPSA) is 143 Å². The fourth-order valence-electron chi connectivity index (χ4n) is 3.02. The van der Waals surface area contributed by atoms with Crippen LogP contribution in [0.2, 0.25) is 0 Å². The Labute approximate surface area is 158 Å². The monoisotopic (exact) mass is 435 g/mol. The largest absolute Gasteiger partial charge is 0.478 e. The minimum absolute atomic E-state index is 0.0603. The van der Waals surface area contributed by atoms with Gasteiger partial charge in [-0.1, -0.05) is 15.9 Å². The molecular formula is C17H10BrNO8. The number of hydrogen-bond donors (Lipinski definition) is 3. The van der Waals surface area contributed by atoms with Gasteiger partial charge in [0.05, 0.1) is 34.8 Å². The van der Waals surface area contributed by atoms with Gasteiger partial charge in [0.15, 0.2) is 0 Å². The molecule has 1 aromatic carbocycles. The van der Waals surface area contributed by atoms with Gasteiger partial charge in [-0.15, -0.1) is 0 Å². The molecule has 0 unspecified atom stereocenters. The fourth-order valence-corrected chi connectivity index (χ4v) is 3.39. The summed E-state index contributed by atoms with van der Waals surface area (Å²) in [5.74, 6) is -5.77. The molecule has 0 fully saturated rings. The van der Waals surface area contributed by atoms with Crippen molar-refractivity contribution in [3.05, 3.63) is 51.1 Å². The van der Waals surface area contributed by atoms with E-state index in [9.17, 15) is 34.5 Å². The molecule has 138 valence electrons. The zero-order valence-corrected chi connectivity index (χ0v) is 15.1. The highest BCUT2D eigenvalue weighted by Crippen LogP contribution is 2.33. The summed E-state index contributed by atoms with van der Waals surface area (Å²) >= 11 is 3.20. The van der Waals surface area contributed by atoms with Crippen molar-refractivity contribution >= 4 is 56.2 Å². The third-order valence-corrected chi connectivity index (χ3v) is 4.52. The second-order valence-electron chi connectivity index (χ2n) is 5.45. The third kappa shape index (κ3) is 2.70. The summed E-state index contributed by atoms with van der Waals surface area (Å²) in [6, 6.07) is 4.46. The lowest BCUT2D eigenvalue weighted by Crippen LogP contribution is -2.14. The summed E-state index contributed by atoms with van der Waals surface area (Å²) in [5, 5.41) is 28.9. The molecular weight excluding hydrogens is 426 g/mol. The van der Waals surface area contributed by atoms with Crippen molar-refractivity contribution in [3.8, 4) is 0 Å². The molecule has 0 aliphatic rings. The van der Waals surface area contributed by atoms with Gasteiger partial charge in [0.1, 0.15) is 5.56 Å². The standard InChI is InChI=1S/C17H10BrNO8/c1-27-17(26)8-5-19-9-3-2-6(18)4-7(9)10(14(20)21)12(16(24)25)13(19)11(8)15(22)23/h2-5H,1H3,(H,20,21)(H,22,23)(H,24,25). The number of benzene rings is 1. The summed E-state index contributed by atoms with van der Waals surface area (Å²) in [6.45, 7) is 0. The molecule has 3 aromatic rings. The van der Waals surface area contributed by atoms with Crippen LogP contribution in [0.25, 0.3) is 16.4 Å². The summed E-state index contributed by atoms with van der Waals surface area (Å²) in [7, 11) is 1.05. The summed E-state index contributed by atoms with van der Waals surface area (Å²) in [6.07, 6.45) is 1.12. The molecule has 0 amide bonds. The summed E-state index contributed by atoms with van der Waals surface area (Å²) in [5.41, 5.74) is -2.55. The highest BCUT2D eigenvalue weighted by atomic mass is 79.9. The van der Waals surface area contributed by atoms with Crippen molar-refractivity contribution in [2.24, 2.45) is 0 Å². The first-order valence-electron chi connectivity index (χ1n) is 7.27. The molecule has 10 heteroatoms. The summed E-state index contributed by atoms with van der Waals surface area (Å²) in [4.78, 5) is 47.6. The Morgan fingerprint density at radius 2 is 1.56 bits per heavy atom. The Morgan fingerprint density at radius 1 is 0.963 bits per heavy atom. The van der Waals surface area contributed by atoms with Gasteiger partial charge in [0.25, 0.3) is 0 Å². The Balaban J connectivity index is 2.74. The van der Waals surface area contributed by atoms with E-state index < -0.39 is 46.1 Å². The van der Waals surface area contributed by atoms with Crippen molar-refractivity contribution in [1.82, 2.24) is 4.40 Å². The van der Waals surface area contributed by atoms with Crippen molar-refractivity contribution in [2.75, 3.05) is 7.11 Å². The van der Waals surface area contributed by atoms with Crippen LogP contribution in [0.15, 0.2) is 28.9 Å². The molecule has 27 heavy (non-hydrogen) atoms. The normalized spacial score (nSPS) is 10.9. The lowest BCUT2D eigenvalue weighted by Gasteiger charge is -2.12. The van der Waals surface area contributed by atoms with E-state index in [1.807, 2.05) is 0 Å².